The van der Waals surface area contributed by atoms with Crippen LogP contribution in [0.5, 0.6) is 0 Å². The molecule has 2 unspecified atom stereocenters. The summed E-state index contributed by atoms with van der Waals surface area (Å²) in [6, 6.07) is 9.99. The monoisotopic (exact) mass is 321 g/mol. The van der Waals surface area contributed by atoms with Crippen LogP contribution < -0.4 is 5.73 Å². The van der Waals surface area contributed by atoms with Gasteiger partial charge in [0.1, 0.15) is 11.9 Å². The Morgan fingerprint density at radius 1 is 1.37 bits per heavy atom. The van der Waals surface area contributed by atoms with Crippen molar-refractivity contribution in [3.05, 3.63) is 58.0 Å². The smallest absolute Gasteiger partial charge is 0.147 e. The average molecular weight is 322 g/mol. The second kappa shape index (κ2) is 4.78. The predicted octanol–water partition coefficient (Wildman–Crippen LogP) is 2.92. The molecule has 0 saturated carbocycles. The Morgan fingerprint density at radius 2 is 2.16 bits per heavy atom. The van der Waals surface area contributed by atoms with Crippen LogP contribution >= 0.6 is 15.9 Å². The molecule has 100 valence electrons. The molecular formula is C15H16BrNO2. The van der Waals surface area contributed by atoms with Crippen molar-refractivity contribution in [3.8, 4) is 0 Å². The Kier molecular flexibility index (Phi) is 3.25. The van der Waals surface area contributed by atoms with E-state index < -0.39 is 11.5 Å². The normalized spacial score (nSPS) is 23.3. The number of rotatable bonds is 3. The molecule has 0 fully saturated rings. The molecule has 0 saturated heterocycles. The van der Waals surface area contributed by atoms with Crippen molar-refractivity contribution in [1.82, 2.24) is 0 Å². The molecule has 0 amide bonds. The summed E-state index contributed by atoms with van der Waals surface area (Å²) in [6.07, 6.45) is 2.64. The zero-order valence-corrected chi connectivity index (χ0v) is 12.1. The van der Waals surface area contributed by atoms with Gasteiger partial charge in [-0.2, -0.15) is 0 Å². The van der Waals surface area contributed by atoms with Crippen LogP contribution in [0.4, 0.5) is 0 Å². The quantitative estimate of drug-likeness (QED) is 0.913. The predicted molar refractivity (Wildman–Crippen MR) is 76.9 cm³/mol. The number of furan rings is 1. The van der Waals surface area contributed by atoms with Crippen LogP contribution in [0, 0.1) is 0 Å². The van der Waals surface area contributed by atoms with Gasteiger partial charge in [-0.3, -0.25) is 0 Å². The van der Waals surface area contributed by atoms with Gasteiger partial charge < -0.3 is 15.3 Å². The van der Waals surface area contributed by atoms with Gasteiger partial charge in [0.25, 0.3) is 0 Å². The SMILES string of the molecule is NCC1(C(O)c2occc2Br)CCc2ccccc21. The Hall–Kier alpha value is -1.10. The highest BCUT2D eigenvalue weighted by molar-refractivity contribution is 9.10. The van der Waals surface area contributed by atoms with Crippen LogP contribution in [0.3, 0.4) is 0 Å². The van der Waals surface area contributed by atoms with E-state index in [1.54, 1.807) is 12.3 Å². The fourth-order valence-electron chi connectivity index (χ4n) is 3.08. The number of halogens is 1. The maximum Gasteiger partial charge on any atom is 0.147 e. The second-order valence-corrected chi connectivity index (χ2v) is 5.91. The Labute approximate surface area is 120 Å². The molecule has 1 aliphatic rings. The molecule has 3 rings (SSSR count). The van der Waals surface area contributed by atoms with Gasteiger partial charge in [-0.05, 0) is 46.0 Å². The third kappa shape index (κ3) is 1.86. The van der Waals surface area contributed by atoms with Crippen molar-refractivity contribution in [1.29, 1.82) is 0 Å². The molecule has 0 aliphatic heterocycles. The number of fused-ring (bicyclic) bond motifs is 1. The highest BCUT2D eigenvalue weighted by Crippen LogP contribution is 2.48. The summed E-state index contributed by atoms with van der Waals surface area (Å²) in [7, 11) is 0. The first-order valence-electron chi connectivity index (χ1n) is 6.38. The highest BCUT2D eigenvalue weighted by Gasteiger charge is 2.45. The Morgan fingerprint density at radius 3 is 2.84 bits per heavy atom. The number of benzene rings is 1. The molecule has 1 heterocycles. The van der Waals surface area contributed by atoms with E-state index in [1.165, 1.54) is 5.56 Å². The lowest BCUT2D eigenvalue weighted by Crippen LogP contribution is -2.39. The minimum absolute atomic E-state index is 0.401. The minimum Gasteiger partial charge on any atom is -0.465 e. The summed E-state index contributed by atoms with van der Waals surface area (Å²) in [4.78, 5) is 0. The molecule has 1 aliphatic carbocycles. The van der Waals surface area contributed by atoms with Gasteiger partial charge >= 0.3 is 0 Å². The minimum atomic E-state index is -0.731. The van der Waals surface area contributed by atoms with E-state index in [0.29, 0.717) is 12.3 Å². The maximum absolute atomic E-state index is 10.8. The van der Waals surface area contributed by atoms with E-state index in [1.807, 2.05) is 12.1 Å². The molecule has 1 aromatic heterocycles. The van der Waals surface area contributed by atoms with Crippen molar-refractivity contribution >= 4 is 15.9 Å². The Balaban J connectivity index is 2.09. The summed E-state index contributed by atoms with van der Waals surface area (Å²) in [5, 5.41) is 10.8. The molecule has 3 nitrogen and oxygen atoms in total. The van der Waals surface area contributed by atoms with Crippen LogP contribution in [-0.2, 0) is 11.8 Å². The molecule has 2 aromatic rings. The number of nitrogens with two attached hydrogens (primary N) is 1. The summed E-state index contributed by atoms with van der Waals surface area (Å²) >= 11 is 3.41. The van der Waals surface area contributed by atoms with E-state index in [-0.39, 0.29) is 0 Å². The van der Waals surface area contributed by atoms with Gasteiger partial charge in [-0.15, -0.1) is 0 Å². The lowest BCUT2D eigenvalue weighted by Gasteiger charge is -2.33. The van der Waals surface area contributed by atoms with Crippen molar-refractivity contribution < 1.29 is 9.52 Å². The first kappa shape index (κ1) is 12.9. The molecule has 1 aromatic carbocycles. The van der Waals surface area contributed by atoms with Crippen LogP contribution in [0.15, 0.2) is 45.5 Å². The number of hydrogen-bond donors (Lipinski definition) is 2. The van der Waals surface area contributed by atoms with E-state index in [0.717, 1.165) is 22.9 Å². The van der Waals surface area contributed by atoms with Crippen LogP contribution in [-0.4, -0.2) is 11.7 Å². The summed E-state index contributed by atoms with van der Waals surface area (Å²) in [6.45, 7) is 0.401. The third-order valence-corrected chi connectivity index (χ3v) is 4.83. The van der Waals surface area contributed by atoms with Crippen LogP contribution in [0.25, 0.3) is 0 Å². The van der Waals surface area contributed by atoms with Gasteiger partial charge in [-0.25, -0.2) is 0 Å². The Bertz CT molecular complexity index is 595. The fourth-order valence-corrected chi connectivity index (χ4v) is 3.49. The largest absolute Gasteiger partial charge is 0.465 e. The lowest BCUT2D eigenvalue weighted by molar-refractivity contribution is 0.0629. The average Bonchev–Trinajstić information content (AvgIpc) is 3.02. The first-order valence-corrected chi connectivity index (χ1v) is 7.18. The zero-order valence-electron chi connectivity index (χ0n) is 10.5. The summed E-state index contributed by atoms with van der Waals surface area (Å²) in [5.74, 6) is 0.558. The highest BCUT2D eigenvalue weighted by atomic mass is 79.9. The third-order valence-electron chi connectivity index (χ3n) is 4.18. The summed E-state index contributed by atoms with van der Waals surface area (Å²) in [5.41, 5.74) is 8.00. The molecule has 3 N–H and O–H groups in total. The standard InChI is InChI=1S/C15H16BrNO2/c16-12-6-8-19-13(12)14(18)15(9-17)7-5-10-3-1-2-4-11(10)15/h1-4,6,8,14,18H,5,7,9,17H2. The van der Waals surface area contributed by atoms with Crippen LogP contribution in [0.2, 0.25) is 0 Å². The number of aliphatic hydroxyl groups excluding tert-OH is 1. The first-order chi connectivity index (χ1) is 9.19. The number of hydrogen-bond acceptors (Lipinski definition) is 3. The van der Waals surface area contributed by atoms with Crippen molar-refractivity contribution in [2.24, 2.45) is 5.73 Å². The maximum atomic E-state index is 10.8. The van der Waals surface area contributed by atoms with Crippen LogP contribution in [0.1, 0.15) is 29.4 Å². The van der Waals surface area contributed by atoms with E-state index in [9.17, 15) is 5.11 Å². The second-order valence-electron chi connectivity index (χ2n) is 5.05. The molecule has 0 bridgehead atoms. The molecule has 2 atom stereocenters. The van der Waals surface area contributed by atoms with E-state index in [2.05, 4.69) is 28.1 Å². The van der Waals surface area contributed by atoms with Gasteiger partial charge in [0, 0.05) is 12.0 Å². The zero-order chi connectivity index (χ0) is 13.5. The van der Waals surface area contributed by atoms with Gasteiger partial charge in [-0.1, -0.05) is 24.3 Å². The molecule has 0 spiro atoms. The molecular weight excluding hydrogens is 306 g/mol. The van der Waals surface area contributed by atoms with E-state index in [4.69, 9.17) is 10.2 Å². The fraction of sp³-hybridized carbons (Fsp3) is 0.333. The molecule has 19 heavy (non-hydrogen) atoms. The van der Waals surface area contributed by atoms with Gasteiger partial charge in [0.15, 0.2) is 0 Å². The van der Waals surface area contributed by atoms with Crippen molar-refractivity contribution in [2.45, 2.75) is 24.4 Å². The van der Waals surface area contributed by atoms with Crippen molar-refractivity contribution in [2.75, 3.05) is 6.54 Å². The molecule has 4 heteroatoms. The van der Waals surface area contributed by atoms with Gasteiger partial charge in [0.2, 0.25) is 0 Å². The molecule has 0 radical (unpaired) electrons. The van der Waals surface area contributed by atoms with E-state index >= 15 is 0 Å². The van der Waals surface area contributed by atoms with Crippen molar-refractivity contribution in [3.63, 3.8) is 0 Å². The summed E-state index contributed by atoms with van der Waals surface area (Å²) < 4.78 is 6.22. The number of aliphatic hydroxyl groups is 1. The lowest BCUT2D eigenvalue weighted by atomic mass is 9.76. The van der Waals surface area contributed by atoms with Gasteiger partial charge in [0.05, 0.1) is 10.7 Å². The topological polar surface area (TPSA) is 59.4 Å². The number of aryl methyl sites for hydroxylation is 1.